The molecule has 1 aliphatic rings. The van der Waals surface area contributed by atoms with Gasteiger partial charge in [-0.25, -0.2) is 0 Å². The van der Waals surface area contributed by atoms with Crippen LogP contribution < -0.4 is 0 Å². The number of rotatable bonds is 11. The van der Waals surface area contributed by atoms with Gasteiger partial charge < -0.3 is 0 Å². The van der Waals surface area contributed by atoms with Gasteiger partial charge in [-0.2, -0.15) is 0 Å². The second kappa shape index (κ2) is 10.5. The Labute approximate surface area is 160 Å². The minimum absolute atomic E-state index is 0.133. The maximum Gasteiger partial charge on any atom is 0.159 e. The lowest BCUT2D eigenvalue weighted by Crippen LogP contribution is -2.01. The van der Waals surface area contributed by atoms with E-state index in [2.05, 4.69) is 45.1 Å². The number of carbonyl (C=O) groups is 1. The standard InChI is InChI=1S/C25H36O/c1-5-9-21(6-2)11-8-7-10-19(3)24-16-17-25(18-24)23-14-12-22(13-15-23)20(4)26/h12-17,19,21H,5-11,18H2,1-4H3. The van der Waals surface area contributed by atoms with Crippen LogP contribution in [0, 0.1) is 11.8 Å². The Balaban J connectivity index is 1.75. The molecule has 0 bridgehead atoms. The predicted molar refractivity (Wildman–Crippen MR) is 113 cm³/mol. The van der Waals surface area contributed by atoms with Crippen LogP contribution in [0.1, 0.15) is 95.0 Å². The molecule has 0 saturated heterocycles. The van der Waals surface area contributed by atoms with Gasteiger partial charge in [-0.15, -0.1) is 0 Å². The van der Waals surface area contributed by atoms with Gasteiger partial charge in [-0.3, -0.25) is 4.79 Å². The van der Waals surface area contributed by atoms with Crippen molar-refractivity contribution >= 4 is 11.4 Å². The normalized spacial score (nSPS) is 16.2. The van der Waals surface area contributed by atoms with Gasteiger partial charge in [0, 0.05) is 5.56 Å². The Morgan fingerprint density at radius 1 is 1.00 bits per heavy atom. The fourth-order valence-electron chi connectivity index (χ4n) is 4.03. The van der Waals surface area contributed by atoms with Gasteiger partial charge in [0.05, 0.1) is 0 Å². The first kappa shape index (κ1) is 20.7. The number of unbranched alkanes of at least 4 members (excludes halogenated alkanes) is 1. The lowest BCUT2D eigenvalue weighted by Gasteiger charge is -2.16. The summed E-state index contributed by atoms with van der Waals surface area (Å²) in [4.78, 5) is 11.4. The highest BCUT2D eigenvalue weighted by atomic mass is 16.1. The van der Waals surface area contributed by atoms with E-state index >= 15 is 0 Å². The SMILES string of the molecule is CCCC(CC)CCCCC(C)C1=CC=C(c2ccc(C(C)=O)cc2)C1. The Bertz CT molecular complexity index is 633. The van der Waals surface area contributed by atoms with Gasteiger partial charge in [-0.05, 0) is 42.7 Å². The van der Waals surface area contributed by atoms with Crippen LogP contribution in [0.5, 0.6) is 0 Å². The van der Waals surface area contributed by atoms with Gasteiger partial charge in [-0.1, -0.05) is 101 Å². The quantitative estimate of drug-likeness (QED) is 0.295. The molecule has 1 aromatic carbocycles. The number of Topliss-reactive ketones (excluding diaryl/α,β-unsaturated/α-hetero) is 1. The van der Waals surface area contributed by atoms with E-state index in [0.717, 1.165) is 17.9 Å². The molecule has 0 radical (unpaired) electrons. The molecule has 0 spiro atoms. The van der Waals surface area contributed by atoms with Crippen LogP contribution in [-0.4, -0.2) is 5.78 Å². The van der Waals surface area contributed by atoms with Gasteiger partial charge in [0.1, 0.15) is 0 Å². The van der Waals surface area contributed by atoms with Gasteiger partial charge in [0.2, 0.25) is 0 Å². The average molecular weight is 353 g/mol. The minimum atomic E-state index is 0.133. The predicted octanol–water partition coefficient (Wildman–Crippen LogP) is 7.63. The average Bonchev–Trinajstić information content (AvgIpc) is 3.14. The van der Waals surface area contributed by atoms with E-state index in [4.69, 9.17) is 0 Å². The molecule has 0 aromatic heterocycles. The Hall–Kier alpha value is -1.63. The van der Waals surface area contributed by atoms with Crippen molar-refractivity contribution in [2.45, 2.75) is 79.1 Å². The minimum Gasteiger partial charge on any atom is -0.295 e. The lowest BCUT2D eigenvalue weighted by atomic mass is 9.89. The summed E-state index contributed by atoms with van der Waals surface area (Å²) in [6, 6.07) is 8.06. The summed E-state index contributed by atoms with van der Waals surface area (Å²) >= 11 is 0. The van der Waals surface area contributed by atoms with Crippen LogP contribution in [0.2, 0.25) is 0 Å². The third-order valence-corrected chi connectivity index (χ3v) is 5.96. The molecule has 0 amide bonds. The molecule has 0 N–H and O–H groups in total. The summed E-state index contributed by atoms with van der Waals surface area (Å²) in [5, 5.41) is 0. The molecule has 2 atom stereocenters. The number of hydrogen-bond donors (Lipinski definition) is 0. The Morgan fingerprint density at radius 3 is 2.31 bits per heavy atom. The monoisotopic (exact) mass is 352 g/mol. The maximum absolute atomic E-state index is 11.4. The van der Waals surface area contributed by atoms with Crippen LogP contribution in [0.4, 0.5) is 0 Å². The van der Waals surface area contributed by atoms with Crippen molar-refractivity contribution in [3.63, 3.8) is 0 Å². The molecule has 0 fully saturated rings. The van der Waals surface area contributed by atoms with Gasteiger partial charge in [0.15, 0.2) is 5.78 Å². The first-order chi connectivity index (χ1) is 12.5. The van der Waals surface area contributed by atoms with Crippen LogP contribution in [-0.2, 0) is 0 Å². The summed E-state index contributed by atoms with van der Waals surface area (Å²) in [7, 11) is 0. The fourth-order valence-corrected chi connectivity index (χ4v) is 4.03. The van der Waals surface area contributed by atoms with Crippen molar-refractivity contribution in [2.75, 3.05) is 0 Å². The van der Waals surface area contributed by atoms with Crippen LogP contribution >= 0.6 is 0 Å². The molecule has 2 unspecified atom stereocenters. The molecule has 0 aliphatic heterocycles. The van der Waals surface area contributed by atoms with Crippen molar-refractivity contribution in [1.82, 2.24) is 0 Å². The Kier molecular flexibility index (Phi) is 8.35. The highest BCUT2D eigenvalue weighted by Gasteiger charge is 2.16. The number of allylic oxidation sites excluding steroid dienone is 4. The zero-order valence-electron chi connectivity index (χ0n) is 17.2. The molecule has 2 rings (SSSR count). The number of hydrogen-bond acceptors (Lipinski definition) is 1. The number of ketones is 1. The topological polar surface area (TPSA) is 17.1 Å². The van der Waals surface area contributed by atoms with E-state index in [0.29, 0.717) is 5.92 Å². The molecule has 0 saturated carbocycles. The Morgan fingerprint density at radius 2 is 1.69 bits per heavy atom. The highest BCUT2D eigenvalue weighted by molar-refractivity contribution is 5.94. The van der Waals surface area contributed by atoms with Crippen LogP contribution in [0.25, 0.3) is 5.57 Å². The van der Waals surface area contributed by atoms with E-state index in [1.54, 1.807) is 12.5 Å². The van der Waals surface area contributed by atoms with Crippen molar-refractivity contribution < 1.29 is 4.79 Å². The first-order valence-electron chi connectivity index (χ1n) is 10.6. The van der Waals surface area contributed by atoms with E-state index in [1.165, 1.54) is 56.1 Å². The largest absolute Gasteiger partial charge is 0.295 e. The van der Waals surface area contributed by atoms with Crippen molar-refractivity contribution in [3.8, 4) is 0 Å². The summed E-state index contributed by atoms with van der Waals surface area (Å²) in [6.07, 6.45) is 15.1. The highest BCUT2D eigenvalue weighted by Crippen LogP contribution is 2.34. The molecule has 1 heteroatoms. The van der Waals surface area contributed by atoms with E-state index in [1.807, 2.05) is 12.1 Å². The zero-order chi connectivity index (χ0) is 18.9. The third-order valence-electron chi connectivity index (χ3n) is 5.96. The summed E-state index contributed by atoms with van der Waals surface area (Å²) in [5.74, 6) is 1.74. The van der Waals surface area contributed by atoms with Gasteiger partial charge in [0.25, 0.3) is 0 Å². The van der Waals surface area contributed by atoms with Crippen LogP contribution in [0.3, 0.4) is 0 Å². The number of carbonyl (C=O) groups excluding carboxylic acids is 1. The lowest BCUT2D eigenvalue weighted by molar-refractivity contribution is 0.101. The van der Waals surface area contributed by atoms with E-state index in [-0.39, 0.29) is 5.78 Å². The molecular formula is C25H36O. The summed E-state index contributed by atoms with van der Waals surface area (Å²) in [5.41, 5.74) is 4.99. The van der Waals surface area contributed by atoms with E-state index in [9.17, 15) is 4.79 Å². The zero-order valence-corrected chi connectivity index (χ0v) is 17.2. The van der Waals surface area contributed by atoms with Crippen molar-refractivity contribution in [1.29, 1.82) is 0 Å². The number of benzene rings is 1. The summed E-state index contributed by atoms with van der Waals surface area (Å²) < 4.78 is 0. The molecule has 1 nitrogen and oxygen atoms in total. The molecular weight excluding hydrogens is 316 g/mol. The van der Waals surface area contributed by atoms with Crippen molar-refractivity contribution in [2.24, 2.45) is 11.8 Å². The maximum atomic E-state index is 11.4. The van der Waals surface area contributed by atoms with E-state index < -0.39 is 0 Å². The van der Waals surface area contributed by atoms with Crippen molar-refractivity contribution in [3.05, 3.63) is 53.1 Å². The molecule has 0 heterocycles. The first-order valence-corrected chi connectivity index (χ1v) is 10.6. The second-order valence-corrected chi connectivity index (χ2v) is 7.99. The molecule has 1 aromatic rings. The fraction of sp³-hybridized carbons (Fsp3) is 0.560. The second-order valence-electron chi connectivity index (χ2n) is 7.99. The molecule has 142 valence electrons. The third kappa shape index (κ3) is 5.97. The van der Waals surface area contributed by atoms with Gasteiger partial charge >= 0.3 is 0 Å². The smallest absolute Gasteiger partial charge is 0.159 e. The molecule has 26 heavy (non-hydrogen) atoms. The molecule has 1 aliphatic carbocycles. The summed E-state index contributed by atoms with van der Waals surface area (Å²) in [6.45, 7) is 8.64. The van der Waals surface area contributed by atoms with Crippen LogP contribution in [0.15, 0.2) is 42.0 Å².